The Labute approximate surface area is 149 Å². The van der Waals surface area contributed by atoms with Crippen LogP contribution in [-0.4, -0.2) is 11.6 Å². The van der Waals surface area contributed by atoms with Gasteiger partial charge in [0.05, 0.1) is 5.41 Å². The molecule has 0 saturated heterocycles. The van der Waals surface area contributed by atoms with Crippen LogP contribution in [0.2, 0.25) is 0 Å². The SMILES string of the molecule is CC12CCC(=O)C=C1[C@H]1CC1C1=C2CCC23C(=O)CC[C@]2(C)CC=C13. The largest absolute Gasteiger partial charge is 0.299 e. The van der Waals surface area contributed by atoms with E-state index in [4.69, 9.17) is 0 Å². The van der Waals surface area contributed by atoms with Gasteiger partial charge in [0.15, 0.2) is 5.78 Å². The monoisotopic (exact) mass is 334 g/mol. The highest BCUT2D eigenvalue weighted by Crippen LogP contribution is 2.74. The molecule has 0 radical (unpaired) electrons. The predicted octanol–water partition coefficient (Wildman–Crippen LogP) is 4.71. The lowest BCUT2D eigenvalue weighted by Crippen LogP contribution is -2.44. The van der Waals surface area contributed by atoms with Gasteiger partial charge in [-0.05, 0) is 73.0 Å². The third-order valence-corrected chi connectivity index (χ3v) is 9.04. The molecule has 1 spiro atoms. The normalized spacial score (nSPS) is 49.7. The summed E-state index contributed by atoms with van der Waals surface area (Å²) in [5, 5.41) is 0. The number of hydrogen-bond donors (Lipinski definition) is 0. The molecule has 3 unspecified atom stereocenters. The number of Topliss-reactive ketones (excluding diaryl/α,β-unsaturated/α-hetero) is 1. The molecule has 25 heavy (non-hydrogen) atoms. The van der Waals surface area contributed by atoms with Crippen LogP contribution < -0.4 is 0 Å². The van der Waals surface area contributed by atoms with E-state index in [0.29, 0.717) is 29.8 Å². The molecule has 0 N–H and O–H groups in total. The summed E-state index contributed by atoms with van der Waals surface area (Å²) >= 11 is 0. The van der Waals surface area contributed by atoms with E-state index in [0.717, 1.165) is 38.5 Å². The van der Waals surface area contributed by atoms with Crippen LogP contribution in [0.3, 0.4) is 0 Å². The summed E-state index contributed by atoms with van der Waals surface area (Å²) in [6.45, 7) is 4.75. The molecule has 2 nitrogen and oxygen atoms in total. The van der Waals surface area contributed by atoms with E-state index in [9.17, 15) is 9.59 Å². The molecule has 2 fully saturated rings. The fourth-order valence-electron chi connectivity index (χ4n) is 7.55. The van der Waals surface area contributed by atoms with Gasteiger partial charge in [0.1, 0.15) is 5.78 Å². The standard InChI is InChI=1S/C23H26O2/c1-21-7-4-17-20-15-12-14(15)18-11-13(24)3-9-22(18,2)16(20)5-10-23(17,21)19(25)6-8-21/h4,11,14-15H,3,5-10,12H2,1-2H3/t14-,15?,21-,22?,23?/m0/s1. The van der Waals surface area contributed by atoms with Crippen molar-refractivity contribution in [2.45, 2.75) is 65.2 Å². The molecule has 6 rings (SSSR count). The first-order valence-corrected chi connectivity index (χ1v) is 10.1. The van der Waals surface area contributed by atoms with Gasteiger partial charge in [-0.15, -0.1) is 0 Å². The predicted molar refractivity (Wildman–Crippen MR) is 95.8 cm³/mol. The fourth-order valence-corrected chi connectivity index (χ4v) is 7.55. The van der Waals surface area contributed by atoms with Gasteiger partial charge in [-0.2, -0.15) is 0 Å². The summed E-state index contributed by atoms with van der Waals surface area (Å²) in [6, 6.07) is 0. The number of ketones is 2. The first kappa shape index (κ1) is 14.7. The summed E-state index contributed by atoms with van der Waals surface area (Å²) in [6.07, 6.45) is 12.3. The van der Waals surface area contributed by atoms with Crippen LogP contribution in [0.5, 0.6) is 0 Å². The van der Waals surface area contributed by atoms with Crippen LogP contribution in [0.25, 0.3) is 0 Å². The highest BCUT2D eigenvalue weighted by Gasteiger charge is 2.67. The van der Waals surface area contributed by atoms with E-state index in [1.807, 2.05) is 6.08 Å². The van der Waals surface area contributed by atoms with Gasteiger partial charge in [0.2, 0.25) is 0 Å². The Morgan fingerprint density at radius 1 is 1.00 bits per heavy atom. The molecular weight excluding hydrogens is 308 g/mol. The van der Waals surface area contributed by atoms with Gasteiger partial charge >= 0.3 is 0 Å². The first-order valence-electron chi connectivity index (χ1n) is 10.1. The maximum absolute atomic E-state index is 13.1. The number of allylic oxidation sites excluding steroid dienone is 6. The van der Waals surface area contributed by atoms with Crippen LogP contribution in [0, 0.1) is 28.1 Å². The fraction of sp³-hybridized carbons (Fsp3) is 0.652. The Bertz CT molecular complexity index is 855. The summed E-state index contributed by atoms with van der Waals surface area (Å²) < 4.78 is 0. The Kier molecular flexibility index (Phi) is 2.41. The van der Waals surface area contributed by atoms with Crippen LogP contribution in [0.1, 0.15) is 65.2 Å². The molecule has 2 saturated carbocycles. The molecule has 6 aliphatic carbocycles. The zero-order chi connectivity index (χ0) is 17.2. The second-order valence-electron chi connectivity index (χ2n) is 9.95. The van der Waals surface area contributed by atoms with Gasteiger partial charge in [-0.3, -0.25) is 9.59 Å². The van der Waals surface area contributed by atoms with E-state index in [2.05, 4.69) is 19.9 Å². The van der Waals surface area contributed by atoms with Crippen molar-refractivity contribution in [3.63, 3.8) is 0 Å². The Balaban J connectivity index is 1.57. The molecular formula is C23H26O2. The number of rotatable bonds is 0. The zero-order valence-electron chi connectivity index (χ0n) is 15.3. The van der Waals surface area contributed by atoms with Crippen molar-refractivity contribution in [3.8, 4) is 0 Å². The van der Waals surface area contributed by atoms with Crippen molar-refractivity contribution >= 4 is 11.6 Å². The smallest absolute Gasteiger partial charge is 0.155 e. The van der Waals surface area contributed by atoms with Gasteiger partial charge in [-0.25, -0.2) is 0 Å². The van der Waals surface area contributed by atoms with Gasteiger partial charge < -0.3 is 0 Å². The average molecular weight is 334 g/mol. The van der Waals surface area contributed by atoms with Crippen LogP contribution >= 0.6 is 0 Å². The summed E-state index contributed by atoms with van der Waals surface area (Å²) in [5.41, 5.74) is 6.16. The molecule has 130 valence electrons. The van der Waals surface area contributed by atoms with Gasteiger partial charge in [0.25, 0.3) is 0 Å². The lowest BCUT2D eigenvalue weighted by atomic mass is 9.52. The molecule has 0 amide bonds. The maximum atomic E-state index is 13.1. The highest BCUT2D eigenvalue weighted by molar-refractivity contribution is 5.95. The topological polar surface area (TPSA) is 34.1 Å². The highest BCUT2D eigenvalue weighted by atomic mass is 16.1. The summed E-state index contributed by atoms with van der Waals surface area (Å²) in [4.78, 5) is 25.2. The van der Waals surface area contributed by atoms with E-state index in [1.165, 1.54) is 17.6 Å². The van der Waals surface area contributed by atoms with Crippen LogP contribution in [0.15, 0.2) is 34.4 Å². The zero-order valence-corrected chi connectivity index (χ0v) is 15.3. The molecule has 2 heteroatoms. The molecule has 6 aliphatic rings. The minimum atomic E-state index is -0.166. The molecule has 0 aromatic carbocycles. The number of fused-ring (bicyclic) bond motifs is 6. The second kappa shape index (κ2) is 4.10. The van der Waals surface area contributed by atoms with Crippen LogP contribution in [-0.2, 0) is 9.59 Å². The number of hydrogen-bond acceptors (Lipinski definition) is 2. The molecule has 0 bridgehead atoms. The maximum Gasteiger partial charge on any atom is 0.155 e. The molecule has 0 aliphatic heterocycles. The number of carbonyl (C=O) groups excluding carboxylic acids is 2. The quantitative estimate of drug-likeness (QED) is 0.643. The van der Waals surface area contributed by atoms with Crippen molar-refractivity contribution in [1.29, 1.82) is 0 Å². The van der Waals surface area contributed by atoms with Crippen molar-refractivity contribution in [1.82, 2.24) is 0 Å². The van der Waals surface area contributed by atoms with Crippen molar-refractivity contribution < 1.29 is 9.59 Å². The van der Waals surface area contributed by atoms with Crippen molar-refractivity contribution in [2.24, 2.45) is 28.1 Å². The molecule has 0 heterocycles. The summed E-state index contributed by atoms with van der Waals surface area (Å²) in [5.74, 6) is 2.02. The lowest BCUT2D eigenvalue weighted by Gasteiger charge is -2.50. The van der Waals surface area contributed by atoms with E-state index in [1.54, 1.807) is 11.1 Å². The molecule has 0 aromatic rings. The van der Waals surface area contributed by atoms with Crippen LogP contribution in [0.4, 0.5) is 0 Å². The van der Waals surface area contributed by atoms with Crippen molar-refractivity contribution in [2.75, 3.05) is 0 Å². The Morgan fingerprint density at radius 2 is 1.84 bits per heavy atom. The van der Waals surface area contributed by atoms with E-state index < -0.39 is 0 Å². The minimum absolute atomic E-state index is 0.0873. The summed E-state index contributed by atoms with van der Waals surface area (Å²) in [7, 11) is 0. The third-order valence-electron chi connectivity index (χ3n) is 9.04. The molecule has 0 aromatic heterocycles. The van der Waals surface area contributed by atoms with E-state index >= 15 is 0 Å². The Morgan fingerprint density at radius 3 is 2.68 bits per heavy atom. The molecule has 5 atom stereocenters. The lowest BCUT2D eigenvalue weighted by molar-refractivity contribution is -0.127. The first-order chi connectivity index (χ1) is 11.9. The van der Waals surface area contributed by atoms with Crippen molar-refractivity contribution in [3.05, 3.63) is 34.4 Å². The van der Waals surface area contributed by atoms with E-state index in [-0.39, 0.29) is 16.2 Å². The second-order valence-corrected chi connectivity index (χ2v) is 9.95. The minimum Gasteiger partial charge on any atom is -0.299 e. The third kappa shape index (κ3) is 1.43. The number of carbonyl (C=O) groups is 2. The Hall–Kier alpha value is -1.44. The van der Waals surface area contributed by atoms with Gasteiger partial charge in [0, 0.05) is 18.3 Å². The van der Waals surface area contributed by atoms with Gasteiger partial charge in [-0.1, -0.05) is 31.1 Å². The average Bonchev–Trinajstić information content (AvgIpc) is 3.27.